The van der Waals surface area contributed by atoms with E-state index in [4.69, 9.17) is 4.74 Å². The number of anilines is 1. The maximum absolute atomic E-state index is 12.2. The molecular formula is C16H19N3O2. The lowest BCUT2D eigenvalue weighted by molar-refractivity contribution is -0.123. The van der Waals surface area contributed by atoms with Gasteiger partial charge in [-0.25, -0.2) is 0 Å². The molecule has 1 amide bonds. The molecule has 0 aliphatic carbocycles. The fourth-order valence-electron chi connectivity index (χ4n) is 2.03. The molecule has 5 nitrogen and oxygen atoms in total. The van der Waals surface area contributed by atoms with Crippen LogP contribution in [-0.4, -0.2) is 36.9 Å². The van der Waals surface area contributed by atoms with Gasteiger partial charge in [0.05, 0.1) is 18.2 Å². The molecule has 0 saturated carbocycles. The summed E-state index contributed by atoms with van der Waals surface area (Å²) in [5, 5.41) is 8.32. The van der Waals surface area contributed by atoms with E-state index >= 15 is 0 Å². The van der Waals surface area contributed by atoms with Gasteiger partial charge in [0.25, 0.3) is 0 Å². The smallest absolute Gasteiger partial charge is 0.233 e. The van der Waals surface area contributed by atoms with Gasteiger partial charge in [-0.05, 0) is 12.1 Å². The van der Waals surface area contributed by atoms with Crippen molar-refractivity contribution < 1.29 is 9.53 Å². The van der Waals surface area contributed by atoms with Crippen LogP contribution in [0, 0.1) is 5.92 Å². The Kier molecular flexibility index (Phi) is 5.00. The molecule has 0 spiro atoms. The Morgan fingerprint density at radius 1 is 1.19 bits per heavy atom. The first-order valence-corrected chi connectivity index (χ1v) is 6.79. The van der Waals surface area contributed by atoms with E-state index in [1.807, 2.05) is 43.3 Å². The van der Waals surface area contributed by atoms with Crippen LogP contribution in [0.1, 0.15) is 6.92 Å². The molecule has 0 saturated heterocycles. The molecule has 1 atom stereocenters. The first kappa shape index (κ1) is 15.1. The van der Waals surface area contributed by atoms with Crippen molar-refractivity contribution in [2.45, 2.75) is 6.92 Å². The predicted molar refractivity (Wildman–Crippen MR) is 81.9 cm³/mol. The lowest BCUT2D eigenvalue weighted by Crippen LogP contribution is -2.34. The Hall–Kier alpha value is -2.27. The first-order chi connectivity index (χ1) is 10.1. The predicted octanol–water partition coefficient (Wildman–Crippen LogP) is 2.39. The number of benzene rings is 1. The Morgan fingerprint density at radius 3 is 2.48 bits per heavy atom. The van der Waals surface area contributed by atoms with E-state index in [0.29, 0.717) is 12.4 Å². The second-order valence-electron chi connectivity index (χ2n) is 4.90. The van der Waals surface area contributed by atoms with Crippen LogP contribution >= 0.6 is 0 Å². The number of hydrogen-bond acceptors (Lipinski definition) is 4. The van der Waals surface area contributed by atoms with Gasteiger partial charge in [0, 0.05) is 19.7 Å². The summed E-state index contributed by atoms with van der Waals surface area (Å²) in [7, 11) is 3.28. The number of ether oxygens (including phenoxy) is 1. The zero-order valence-corrected chi connectivity index (χ0v) is 12.5. The molecule has 2 aromatic rings. The standard InChI is InChI=1S/C16H19N3O2/c1-12(11-21-3)16(20)19(2)15-10-9-14(17-18-15)13-7-5-4-6-8-13/h4-10,12H,11H2,1-3H3/t12-/m0/s1. The van der Waals surface area contributed by atoms with Crippen LogP contribution in [0.15, 0.2) is 42.5 Å². The zero-order chi connectivity index (χ0) is 15.2. The van der Waals surface area contributed by atoms with Crippen molar-refractivity contribution in [3.8, 4) is 11.3 Å². The normalized spacial score (nSPS) is 12.0. The molecule has 0 aliphatic rings. The summed E-state index contributed by atoms with van der Waals surface area (Å²) in [6.45, 7) is 2.22. The van der Waals surface area contributed by atoms with Gasteiger partial charge in [-0.2, -0.15) is 0 Å². The monoisotopic (exact) mass is 285 g/mol. The van der Waals surface area contributed by atoms with Crippen molar-refractivity contribution in [1.29, 1.82) is 0 Å². The van der Waals surface area contributed by atoms with Crippen LogP contribution < -0.4 is 4.90 Å². The molecule has 2 rings (SSSR count). The summed E-state index contributed by atoms with van der Waals surface area (Å²) >= 11 is 0. The average Bonchev–Trinajstić information content (AvgIpc) is 2.54. The van der Waals surface area contributed by atoms with Gasteiger partial charge in [-0.15, -0.1) is 10.2 Å². The summed E-state index contributed by atoms with van der Waals surface area (Å²) in [5.41, 5.74) is 1.78. The van der Waals surface area contributed by atoms with Gasteiger partial charge in [0.15, 0.2) is 5.82 Å². The van der Waals surface area contributed by atoms with Crippen molar-refractivity contribution in [3.63, 3.8) is 0 Å². The maximum atomic E-state index is 12.2. The topological polar surface area (TPSA) is 55.3 Å². The fourth-order valence-corrected chi connectivity index (χ4v) is 2.03. The second kappa shape index (κ2) is 6.95. The lowest BCUT2D eigenvalue weighted by Gasteiger charge is -2.19. The van der Waals surface area contributed by atoms with Crippen LogP contribution in [0.3, 0.4) is 0 Å². The molecule has 0 fully saturated rings. The Morgan fingerprint density at radius 2 is 1.90 bits per heavy atom. The minimum absolute atomic E-state index is 0.0430. The van der Waals surface area contributed by atoms with Crippen molar-refractivity contribution in [2.75, 3.05) is 25.7 Å². The quantitative estimate of drug-likeness (QED) is 0.846. The first-order valence-electron chi connectivity index (χ1n) is 6.79. The molecule has 1 heterocycles. The fraction of sp³-hybridized carbons (Fsp3) is 0.312. The molecule has 0 radical (unpaired) electrons. The minimum Gasteiger partial charge on any atom is -0.384 e. The third-order valence-electron chi connectivity index (χ3n) is 3.23. The molecule has 0 aliphatic heterocycles. The molecule has 1 aromatic carbocycles. The Bertz CT molecular complexity index is 584. The number of nitrogens with zero attached hydrogens (tertiary/aromatic N) is 3. The highest BCUT2D eigenvalue weighted by Crippen LogP contribution is 2.18. The second-order valence-corrected chi connectivity index (χ2v) is 4.90. The molecule has 110 valence electrons. The van der Waals surface area contributed by atoms with E-state index in [1.54, 1.807) is 20.2 Å². The Labute approximate surface area is 124 Å². The zero-order valence-electron chi connectivity index (χ0n) is 12.5. The van der Waals surface area contributed by atoms with Gasteiger partial charge in [-0.3, -0.25) is 9.69 Å². The summed E-state index contributed by atoms with van der Waals surface area (Å²) < 4.78 is 5.00. The number of aromatic nitrogens is 2. The third kappa shape index (κ3) is 3.64. The van der Waals surface area contributed by atoms with Crippen LogP contribution in [0.25, 0.3) is 11.3 Å². The van der Waals surface area contributed by atoms with Crippen LogP contribution in [0.5, 0.6) is 0 Å². The van der Waals surface area contributed by atoms with Crippen molar-refractivity contribution in [1.82, 2.24) is 10.2 Å². The SMILES string of the molecule is COC[C@H](C)C(=O)N(C)c1ccc(-c2ccccc2)nn1. The van der Waals surface area contributed by atoms with E-state index in [-0.39, 0.29) is 11.8 Å². The molecule has 1 aromatic heterocycles. The van der Waals surface area contributed by atoms with Crippen LogP contribution in [0.4, 0.5) is 5.82 Å². The van der Waals surface area contributed by atoms with E-state index in [1.165, 1.54) is 4.90 Å². The Balaban J connectivity index is 2.13. The number of carbonyl (C=O) groups is 1. The van der Waals surface area contributed by atoms with Crippen LogP contribution in [0.2, 0.25) is 0 Å². The van der Waals surface area contributed by atoms with Gasteiger partial charge in [0.2, 0.25) is 5.91 Å². The minimum atomic E-state index is -0.212. The number of methoxy groups -OCH3 is 1. The summed E-state index contributed by atoms with van der Waals surface area (Å²) in [6.07, 6.45) is 0. The molecular weight excluding hydrogens is 266 g/mol. The highest BCUT2D eigenvalue weighted by atomic mass is 16.5. The van der Waals surface area contributed by atoms with E-state index < -0.39 is 0 Å². The molecule has 0 N–H and O–H groups in total. The van der Waals surface area contributed by atoms with Crippen molar-refractivity contribution in [2.24, 2.45) is 5.92 Å². The van der Waals surface area contributed by atoms with E-state index in [9.17, 15) is 4.79 Å². The summed E-state index contributed by atoms with van der Waals surface area (Å²) in [6, 6.07) is 13.5. The highest BCUT2D eigenvalue weighted by Gasteiger charge is 2.19. The lowest BCUT2D eigenvalue weighted by atomic mass is 10.1. The summed E-state index contributed by atoms with van der Waals surface area (Å²) in [4.78, 5) is 13.7. The largest absolute Gasteiger partial charge is 0.384 e. The van der Waals surface area contributed by atoms with Gasteiger partial charge in [-0.1, -0.05) is 37.3 Å². The van der Waals surface area contributed by atoms with Crippen LogP contribution in [-0.2, 0) is 9.53 Å². The summed E-state index contributed by atoms with van der Waals surface area (Å²) in [5.74, 6) is 0.275. The van der Waals surface area contributed by atoms with E-state index in [2.05, 4.69) is 10.2 Å². The van der Waals surface area contributed by atoms with Gasteiger partial charge in [0.1, 0.15) is 0 Å². The number of rotatable bonds is 5. The van der Waals surface area contributed by atoms with Gasteiger partial charge >= 0.3 is 0 Å². The maximum Gasteiger partial charge on any atom is 0.233 e. The highest BCUT2D eigenvalue weighted by molar-refractivity contribution is 5.93. The van der Waals surface area contributed by atoms with Crippen molar-refractivity contribution in [3.05, 3.63) is 42.5 Å². The number of carbonyl (C=O) groups excluding carboxylic acids is 1. The van der Waals surface area contributed by atoms with E-state index in [0.717, 1.165) is 11.3 Å². The molecule has 0 unspecified atom stereocenters. The number of hydrogen-bond donors (Lipinski definition) is 0. The number of amides is 1. The molecule has 5 heteroatoms. The van der Waals surface area contributed by atoms with Crippen molar-refractivity contribution >= 4 is 11.7 Å². The average molecular weight is 285 g/mol. The van der Waals surface area contributed by atoms with Gasteiger partial charge < -0.3 is 4.74 Å². The third-order valence-corrected chi connectivity index (χ3v) is 3.23. The molecule has 0 bridgehead atoms. The molecule has 21 heavy (non-hydrogen) atoms.